The highest BCUT2D eigenvalue weighted by atomic mass is 19.1. The molecule has 2 rings (SSSR count). The fourth-order valence-corrected chi connectivity index (χ4v) is 1.86. The second-order valence-electron chi connectivity index (χ2n) is 4.10. The van der Waals surface area contributed by atoms with E-state index >= 15 is 0 Å². The molecule has 0 aliphatic heterocycles. The van der Waals surface area contributed by atoms with Crippen molar-refractivity contribution in [2.45, 2.75) is 19.9 Å². The van der Waals surface area contributed by atoms with Crippen molar-refractivity contribution in [3.8, 4) is 0 Å². The number of hydrogen-bond acceptors (Lipinski definition) is 1. The van der Waals surface area contributed by atoms with Gasteiger partial charge in [-0.2, -0.15) is 0 Å². The Balaban J connectivity index is 2.11. The van der Waals surface area contributed by atoms with Crippen molar-refractivity contribution in [3.05, 3.63) is 65.2 Å². The van der Waals surface area contributed by atoms with Gasteiger partial charge < -0.3 is 5.32 Å². The maximum atomic E-state index is 13.5. The van der Waals surface area contributed by atoms with Crippen LogP contribution in [-0.2, 0) is 13.0 Å². The molecule has 0 radical (unpaired) electrons. The fourth-order valence-electron chi connectivity index (χ4n) is 1.86. The fraction of sp³-hybridized carbons (Fsp3) is 0.200. The van der Waals surface area contributed by atoms with Gasteiger partial charge in [0.2, 0.25) is 0 Å². The summed E-state index contributed by atoms with van der Waals surface area (Å²) in [4.78, 5) is 0. The maximum absolute atomic E-state index is 13.5. The summed E-state index contributed by atoms with van der Waals surface area (Å²) in [6.45, 7) is 2.42. The normalized spacial score (nSPS) is 10.4. The van der Waals surface area contributed by atoms with Gasteiger partial charge in [0.05, 0.1) is 0 Å². The predicted octanol–water partition coefficient (Wildman–Crippen LogP) is 4.14. The van der Waals surface area contributed by atoms with Crippen molar-refractivity contribution in [3.63, 3.8) is 0 Å². The van der Waals surface area contributed by atoms with E-state index in [0.29, 0.717) is 12.1 Å². The van der Waals surface area contributed by atoms with Crippen LogP contribution in [0.25, 0.3) is 0 Å². The Morgan fingerprint density at radius 3 is 2.50 bits per heavy atom. The van der Waals surface area contributed by atoms with Crippen molar-refractivity contribution in [1.29, 1.82) is 0 Å². The molecule has 0 aliphatic carbocycles. The summed E-state index contributed by atoms with van der Waals surface area (Å²) in [5.74, 6) is -1.07. The van der Waals surface area contributed by atoms with Gasteiger partial charge in [-0.1, -0.05) is 31.2 Å². The van der Waals surface area contributed by atoms with E-state index in [0.717, 1.165) is 18.2 Å². The molecule has 0 aromatic heterocycles. The Bertz CT molecular complexity index is 538. The molecule has 0 bridgehead atoms. The second kappa shape index (κ2) is 5.63. The zero-order chi connectivity index (χ0) is 13.0. The molecule has 3 heteroatoms. The molecule has 0 saturated heterocycles. The summed E-state index contributed by atoms with van der Waals surface area (Å²) in [6.07, 6.45) is 0.912. The second-order valence-corrected chi connectivity index (χ2v) is 4.10. The van der Waals surface area contributed by atoms with Gasteiger partial charge in [-0.15, -0.1) is 0 Å². The molecule has 0 atom stereocenters. The van der Waals surface area contributed by atoms with Crippen LogP contribution in [0.3, 0.4) is 0 Å². The molecule has 0 aliphatic rings. The summed E-state index contributed by atoms with van der Waals surface area (Å²) in [5, 5.41) is 3.18. The van der Waals surface area contributed by atoms with Crippen molar-refractivity contribution >= 4 is 5.69 Å². The van der Waals surface area contributed by atoms with E-state index in [1.54, 1.807) is 0 Å². The van der Waals surface area contributed by atoms with Crippen molar-refractivity contribution < 1.29 is 8.78 Å². The van der Waals surface area contributed by atoms with Gasteiger partial charge in [-0.3, -0.25) is 0 Å². The molecule has 2 aromatic rings. The molecule has 0 fully saturated rings. The van der Waals surface area contributed by atoms with Crippen LogP contribution in [0.4, 0.5) is 14.5 Å². The van der Waals surface area contributed by atoms with E-state index in [1.807, 2.05) is 24.3 Å². The minimum atomic E-state index is -0.551. The zero-order valence-corrected chi connectivity index (χ0v) is 10.2. The van der Waals surface area contributed by atoms with Crippen molar-refractivity contribution in [1.82, 2.24) is 0 Å². The van der Waals surface area contributed by atoms with Crippen LogP contribution in [0.15, 0.2) is 42.5 Å². The number of rotatable bonds is 4. The standard InChI is InChI=1S/C15H15F2N/c1-2-11-5-3-4-6-15(11)18-10-12-7-8-13(16)9-14(12)17/h3-9,18H,2,10H2,1H3. The summed E-state index contributed by atoms with van der Waals surface area (Å²) in [7, 11) is 0. The van der Waals surface area contributed by atoms with Gasteiger partial charge in [0.1, 0.15) is 11.6 Å². The molecule has 1 nitrogen and oxygen atoms in total. The zero-order valence-electron chi connectivity index (χ0n) is 10.2. The Morgan fingerprint density at radius 2 is 1.78 bits per heavy atom. The number of nitrogens with one attached hydrogen (secondary N) is 1. The number of halogens is 2. The monoisotopic (exact) mass is 247 g/mol. The third-order valence-electron chi connectivity index (χ3n) is 2.88. The third-order valence-corrected chi connectivity index (χ3v) is 2.88. The van der Waals surface area contributed by atoms with Crippen LogP contribution in [0.5, 0.6) is 0 Å². The van der Waals surface area contributed by atoms with Crippen LogP contribution in [0.2, 0.25) is 0 Å². The molecule has 0 saturated carbocycles. The first kappa shape index (κ1) is 12.6. The van der Waals surface area contributed by atoms with E-state index in [2.05, 4.69) is 12.2 Å². The van der Waals surface area contributed by atoms with Crippen LogP contribution in [0.1, 0.15) is 18.1 Å². The topological polar surface area (TPSA) is 12.0 Å². The lowest BCUT2D eigenvalue weighted by Crippen LogP contribution is -2.04. The number of benzene rings is 2. The summed E-state index contributed by atoms with van der Waals surface area (Å²) >= 11 is 0. The van der Waals surface area contributed by atoms with Gasteiger partial charge >= 0.3 is 0 Å². The van der Waals surface area contributed by atoms with Crippen molar-refractivity contribution in [2.75, 3.05) is 5.32 Å². The van der Waals surface area contributed by atoms with Crippen LogP contribution >= 0.6 is 0 Å². The average molecular weight is 247 g/mol. The highest BCUT2D eigenvalue weighted by Crippen LogP contribution is 2.17. The highest BCUT2D eigenvalue weighted by Gasteiger charge is 2.04. The van der Waals surface area contributed by atoms with Gasteiger partial charge in [-0.25, -0.2) is 8.78 Å². The molecule has 0 heterocycles. The summed E-state index contributed by atoms with van der Waals surface area (Å²) < 4.78 is 26.2. The minimum Gasteiger partial charge on any atom is -0.381 e. The quantitative estimate of drug-likeness (QED) is 0.856. The first-order chi connectivity index (χ1) is 8.70. The molecular weight excluding hydrogens is 232 g/mol. The maximum Gasteiger partial charge on any atom is 0.131 e. The SMILES string of the molecule is CCc1ccccc1NCc1ccc(F)cc1F. The van der Waals surface area contributed by atoms with E-state index in [9.17, 15) is 8.78 Å². The smallest absolute Gasteiger partial charge is 0.131 e. The van der Waals surface area contributed by atoms with E-state index in [-0.39, 0.29) is 0 Å². The largest absolute Gasteiger partial charge is 0.381 e. The molecular formula is C15H15F2N. The van der Waals surface area contributed by atoms with Crippen LogP contribution in [-0.4, -0.2) is 0 Å². The van der Waals surface area contributed by atoms with Crippen LogP contribution in [0, 0.1) is 11.6 Å². The number of aryl methyl sites for hydroxylation is 1. The van der Waals surface area contributed by atoms with Gasteiger partial charge in [0.15, 0.2) is 0 Å². The van der Waals surface area contributed by atoms with Gasteiger partial charge in [0, 0.05) is 23.9 Å². The first-order valence-corrected chi connectivity index (χ1v) is 5.96. The summed E-state index contributed by atoms with van der Waals surface area (Å²) in [5.41, 5.74) is 2.63. The minimum absolute atomic E-state index is 0.350. The predicted molar refractivity (Wildman–Crippen MR) is 69.5 cm³/mol. The molecule has 0 amide bonds. The Kier molecular flexibility index (Phi) is 3.92. The Hall–Kier alpha value is -1.90. The number of hydrogen-bond donors (Lipinski definition) is 1. The molecule has 94 valence electrons. The Labute approximate surface area is 105 Å². The van der Waals surface area contributed by atoms with E-state index < -0.39 is 11.6 Å². The lowest BCUT2D eigenvalue weighted by molar-refractivity contribution is 0.574. The molecule has 2 aromatic carbocycles. The lowest BCUT2D eigenvalue weighted by Gasteiger charge is -2.11. The first-order valence-electron chi connectivity index (χ1n) is 5.96. The van der Waals surface area contributed by atoms with Crippen molar-refractivity contribution in [2.24, 2.45) is 0 Å². The molecule has 0 unspecified atom stereocenters. The average Bonchev–Trinajstić information content (AvgIpc) is 2.38. The van der Waals surface area contributed by atoms with Crippen LogP contribution < -0.4 is 5.32 Å². The highest BCUT2D eigenvalue weighted by molar-refractivity contribution is 5.51. The number of anilines is 1. The van der Waals surface area contributed by atoms with E-state index in [4.69, 9.17) is 0 Å². The Morgan fingerprint density at radius 1 is 1.00 bits per heavy atom. The molecule has 18 heavy (non-hydrogen) atoms. The molecule has 0 spiro atoms. The van der Waals surface area contributed by atoms with Gasteiger partial charge in [0.25, 0.3) is 0 Å². The van der Waals surface area contributed by atoms with E-state index in [1.165, 1.54) is 17.7 Å². The molecule has 1 N–H and O–H groups in total. The van der Waals surface area contributed by atoms with Gasteiger partial charge in [-0.05, 0) is 24.1 Å². The summed E-state index contributed by atoms with van der Waals surface area (Å²) in [6, 6.07) is 11.5. The third kappa shape index (κ3) is 2.86. The number of para-hydroxylation sites is 1. The lowest BCUT2D eigenvalue weighted by atomic mass is 10.1.